The first kappa shape index (κ1) is 18.3. The average Bonchev–Trinajstić information content (AvgIpc) is 2.77. The lowest BCUT2D eigenvalue weighted by molar-refractivity contribution is 0.208. The lowest BCUT2D eigenvalue weighted by Crippen LogP contribution is -2.42. The van der Waals surface area contributed by atoms with E-state index >= 15 is 0 Å². The molecule has 0 aromatic rings. The summed E-state index contributed by atoms with van der Waals surface area (Å²) in [4.78, 5) is 4.48. The fraction of sp³-hybridized carbons (Fsp3) is 0.917. The quantitative estimate of drug-likeness (QED) is 0.317. The summed E-state index contributed by atoms with van der Waals surface area (Å²) in [6.07, 6.45) is 6.01. The molecule has 2 N–H and O–H groups in total. The van der Waals surface area contributed by atoms with Crippen LogP contribution < -0.4 is 10.6 Å². The minimum atomic E-state index is 0. The molecule has 0 bridgehead atoms. The van der Waals surface area contributed by atoms with E-state index in [0.29, 0.717) is 19.2 Å². The summed E-state index contributed by atoms with van der Waals surface area (Å²) in [5.74, 6) is 0.927. The molecule has 0 aliphatic heterocycles. The van der Waals surface area contributed by atoms with Crippen molar-refractivity contribution in [3.8, 4) is 0 Å². The van der Waals surface area contributed by atoms with Crippen molar-refractivity contribution in [2.24, 2.45) is 4.99 Å². The van der Waals surface area contributed by atoms with Gasteiger partial charge in [-0.25, -0.2) is 0 Å². The molecule has 0 amide bonds. The lowest BCUT2D eigenvalue weighted by atomic mass is 10.2. The number of halogens is 1. The minimum Gasteiger partial charge on any atom is -0.383 e. The number of thioether (sulfide) groups is 1. The van der Waals surface area contributed by atoms with Gasteiger partial charge in [0.25, 0.3) is 0 Å². The second-order valence-electron chi connectivity index (χ2n) is 4.27. The van der Waals surface area contributed by atoms with Gasteiger partial charge in [0, 0.05) is 24.9 Å². The first-order chi connectivity index (χ1) is 8.30. The maximum absolute atomic E-state index is 5.01. The van der Waals surface area contributed by atoms with Crippen LogP contribution in [0.3, 0.4) is 0 Å². The van der Waals surface area contributed by atoms with Crippen LogP contribution in [0.15, 0.2) is 4.99 Å². The summed E-state index contributed by atoms with van der Waals surface area (Å²) in [6, 6.07) is 0.577. The number of methoxy groups -OCH3 is 1. The minimum absolute atomic E-state index is 0. The predicted molar refractivity (Wildman–Crippen MR) is 91.3 cm³/mol. The van der Waals surface area contributed by atoms with E-state index in [9.17, 15) is 0 Å². The van der Waals surface area contributed by atoms with Gasteiger partial charge in [-0.1, -0.05) is 0 Å². The third kappa shape index (κ3) is 7.04. The first-order valence-electron chi connectivity index (χ1n) is 6.36. The highest BCUT2D eigenvalue weighted by atomic mass is 127. The second-order valence-corrected chi connectivity index (χ2v) is 5.40. The standard InChI is InChI=1S/C12H25N3OS.HI/c1-4-13-12(14-7-8-16-2)15-10-5-6-11(9-10)17-3;/h10-11H,4-9H2,1-3H3,(H2,13,14,15);1H. The Labute approximate surface area is 132 Å². The Hall–Kier alpha value is 0.310. The number of aliphatic imine (C=N–C) groups is 1. The van der Waals surface area contributed by atoms with Gasteiger partial charge in [0.2, 0.25) is 0 Å². The van der Waals surface area contributed by atoms with Crippen LogP contribution in [0.2, 0.25) is 0 Å². The third-order valence-corrected chi connectivity index (χ3v) is 4.06. The Balaban J connectivity index is 0.00000289. The van der Waals surface area contributed by atoms with Gasteiger partial charge in [-0.05, 0) is 32.4 Å². The summed E-state index contributed by atoms with van der Waals surface area (Å²) in [7, 11) is 1.70. The van der Waals surface area contributed by atoms with Gasteiger partial charge >= 0.3 is 0 Å². The zero-order valence-electron chi connectivity index (χ0n) is 11.6. The number of nitrogens with one attached hydrogen (secondary N) is 2. The summed E-state index contributed by atoms with van der Waals surface area (Å²) >= 11 is 1.98. The van der Waals surface area contributed by atoms with Crippen molar-refractivity contribution in [3.63, 3.8) is 0 Å². The van der Waals surface area contributed by atoms with Crippen LogP contribution in [-0.2, 0) is 4.74 Å². The molecule has 0 heterocycles. The monoisotopic (exact) mass is 387 g/mol. The van der Waals surface area contributed by atoms with Gasteiger partial charge in [0.15, 0.2) is 5.96 Å². The molecular formula is C12H26IN3OS. The molecule has 108 valence electrons. The SMILES string of the molecule is CCNC(=NCCOC)NC1CCC(SC)C1.I. The van der Waals surface area contributed by atoms with Crippen molar-refractivity contribution in [1.29, 1.82) is 0 Å². The zero-order valence-corrected chi connectivity index (χ0v) is 14.7. The van der Waals surface area contributed by atoms with E-state index in [1.807, 2.05) is 11.8 Å². The molecule has 2 atom stereocenters. The highest BCUT2D eigenvalue weighted by Crippen LogP contribution is 2.27. The van der Waals surface area contributed by atoms with Gasteiger partial charge in [0.1, 0.15) is 0 Å². The molecular weight excluding hydrogens is 361 g/mol. The number of guanidine groups is 1. The number of nitrogens with zero attached hydrogens (tertiary/aromatic N) is 1. The smallest absolute Gasteiger partial charge is 0.191 e. The van der Waals surface area contributed by atoms with E-state index in [1.165, 1.54) is 19.3 Å². The van der Waals surface area contributed by atoms with E-state index in [1.54, 1.807) is 7.11 Å². The van der Waals surface area contributed by atoms with Crippen LogP contribution in [0, 0.1) is 0 Å². The molecule has 18 heavy (non-hydrogen) atoms. The normalized spacial score (nSPS) is 23.6. The van der Waals surface area contributed by atoms with E-state index in [2.05, 4.69) is 28.8 Å². The topological polar surface area (TPSA) is 45.7 Å². The van der Waals surface area contributed by atoms with Crippen LogP contribution in [0.25, 0.3) is 0 Å². The van der Waals surface area contributed by atoms with E-state index < -0.39 is 0 Å². The molecule has 0 saturated heterocycles. The number of ether oxygens (including phenoxy) is 1. The lowest BCUT2D eigenvalue weighted by Gasteiger charge is -2.17. The Bertz CT molecular complexity index is 241. The van der Waals surface area contributed by atoms with Crippen molar-refractivity contribution in [2.45, 2.75) is 37.5 Å². The molecule has 1 aliphatic carbocycles. The Morgan fingerprint density at radius 1 is 1.44 bits per heavy atom. The van der Waals surface area contributed by atoms with E-state index in [0.717, 1.165) is 17.8 Å². The summed E-state index contributed by atoms with van der Waals surface area (Å²) < 4.78 is 5.01. The maximum atomic E-state index is 5.01. The first-order valence-corrected chi connectivity index (χ1v) is 7.65. The third-order valence-electron chi connectivity index (χ3n) is 2.97. The molecule has 1 saturated carbocycles. The molecule has 0 aromatic heterocycles. The summed E-state index contributed by atoms with van der Waals surface area (Å²) in [5.41, 5.74) is 0. The van der Waals surface area contributed by atoms with Crippen LogP contribution in [0.1, 0.15) is 26.2 Å². The van der Waals surface area contributed by atoms with Crippen molar-refractivity contribution >= 4 is 41.7 Å². The second kappa shape index (κ2) is 11.2. The van der Waals surface area contributed by atoms with Gasteiger partial charge in [-0.2, -0.15) is 11.8 Å². The van der Waals surface area contributed by atoms with Crippen LogP contribution in [-0.4, -0.2) is 50.3 Å². The highest BCUT2D eigenvalue weighted by molar-refractivity contribution is 14.0. The highest BCUT2D eigenvalue weighted by Gasteiger charge is 2.24. The summed E-state index contributed by atoms with van der Waals surface area (Å²) in [5, 5.41) is 7.60. The van der Waals surface area contributed by atoms with Crippen molar-refractivity contribution in [2.75, 3.05) is 33.1 Å². The van der Waals surface area contributed by atoms with Crippen LogP contribution in [0.5, 0.6) is 0 Å². The number of hydrogen-bond donors (Lipinski definition) is 2. The van der Waals surface area contributed by atoms with Gasteiger partial charge in [-0.3, -0.25) is 4.99 Å². The molecule has 1 fully saturated rings. The molecule has 2 unspecified atom stereocenters. The Morgan fingerprint density at radius 2 is 2.22 bits per heavy atom. The van der Waals surface area contributed by atoms with Gasteiger partial charge in [-0.15, -0.1) is 24.0 Å². The van der Waals surface area contributed by atoms with Gasteiger partial charge in [0.05, 0.1) is 13.2 Å². The summed E-state index contributed by atoms with van der Waals surface area (Å²) in [6.45, 7) is 4.38. The molecule has 1 rings (SSSR count). The fourth-order valence-electron chi connectivity index (χ4n) is 2.05. The Morgan fingerprint density at radius 3 is 2.78 bits per heavy atom. The number of rotatable bonds is 6. The average molecular weight is 387 g/mol. The molecule has 0 spiro atoms. The van der Waals surface area contributed by atoms with E-state index in [-0.39, 0.29) is 24.0 Å². The fourth-order valence-corrected chi connectivity index (χ4v) is 2.84. The molecule has 1 aliphatic rings. The maximum Gasteiger partial charge on any atom is 0.191 e. The molecule has 6 heteroatoms. The largest absolute Gasteiger partial charge is 0.383 e. The molecule has 0 aromatic carbocycles. The van der Waals surface area contributed by atoms with Crippen molar-refractivity contribution < 1.29 is 4.74 Å². The van der Waals surface area contributed by atoms with E-state index in [4.69, 9.17) is 4.74 Å². The van der Waals surface area contributed by atoms with Crippen LogP contribution in [0.4, 0.5) is 0 Å². The predicted octanol–water partition coefficient (Wildman–Crippen LogP) is 2.09. The van der Waals surface area contributed by atoms with Gasteiger partial charge < -0.3 is 15.4 Å². The molecule has 4 nitrogen and oxygen atoms in total. The molecule has 0 radical (unpaired) electrons. The van der Waals surface area contributed by atoms with Crippen molar-refractivity contribution in [3.05, 3.63) is 0 Å². The zero-order chi connectivity index (χ0) is 12.5. The van der Waals surface area contributed by atoms with Crippen molar-refractivity contribution in [1.82, 2.24) is 10.6 Å². The van der Waals surface area contributed by atoms with Crippen LogP contribution >= 0.6 is 35.7 Å². The Kier molecular flexibility index (Phi) is 11.4. The number of hydrogen-bond acceptors (Lipinski definition) is 3.